The molecule has 0 radical (unpaired) electrons. The Bertz CT molecular complexity index is 1160. The molecular formula is C19H20N4O4. The lowest BCUT2D eigenvalue weighted by Crippen LogP contribution is -2.37. The van der Waals surface area contributed by atoms with Gasteiger partial charge in [0.25, 0.3) is 5.56 Å². The average molecular weight is 368 g/mol. The number of fused-ring (bicyclic) bond motifs is 2. The number of ether oxygens (including phenoxy) is 2. The number of benzene rings is 1. The first-order valence-electron chi connectivity index (χ1n) is 8.71. The Balaban J connectivity index is 1.80. The highest BCUT2D eigenvalue weighted by Crippen LogP contribution is 2.33. The molecule has 0 amide bonds. The molecule has 3 aromatic rings. The molecule has 27 heavy (non-hydrogen) atoms. The van der Waals surface area contributed by atoms with Crippen LogP contribution in [-0.4, -0.2) is 20.9 Å². The first-order valence-corrected chi connectivity index (χ1v) is 8.71. The monoisotopic (exact) mass is 368 g/mol. The van der Waals surface area contributed by atoms with Crippen LogP contribution in [0.4, 0.5) is 5.69 Å². The third-order valence-corrected chi connectivity index (χ3v) is 4.83. The lowest BCUT2D eigenvalue weighted by molar-refractivity contribution is 0.174. The van der Waals surface area contributed by atoms with Gasteiger partial charge in [-0.1, -0.05) is 13.0 Å². The number of hydrogen-bond donors (Lipinski definition) is 1. The van der Waals surface area contributed by atoms with Crippen molar-refractivity contribution in [1.82, 2.24) is 14.1 Å². The molecular weight excluding hydrogens is 348 g/mol. The van der Waals surface area contributed by atoms with Gasteiger partial charge in [-0.05, 0) is 29.7 Å². The molecule has 1 aliphatic heterocycles. The zero-order valence-corrected chi connectivity index (χ0v) is 15.4. The fourth-order valence-corrected chi connectivity index (χ4v) is 3.28. The highest BCUT2D eigenvalue weighted by atomic mass is 16.7. The molecule has 0 aliphatic carbocycles. The van der Waals surface area contributed by atoms with Crippen LogP contribution in [0.25, 0.3) is 11.0 Å². The van der Waals surface area contributed by atoms with Crippen LogP contribution < -0.4 is 26.0 Å². The third kappa shape index (κ3) is 2.73. The highest BCUT2D eigenvalue weighted by molar-refractivity contribution is 5.90. The summed E-state index contributed by atoms with van der Waals surface area (Å²) in [7, 11) is 3.09. The fourth-order valence-electron chi connectivity index (χ4n) is 3.28. The lowest BCUT2D eigenvalue weighted by atomic mass is 10.1. The number of rotatable bonds is 4. The summed E-state index contributed by atoms with van der Waals surface area (Å²) in [4.78, 5) is 29.3. The van der Waals surface area contributed by atoms with Crippen molar-refractivity contribution in [3.05, 3.63) is 56.4 Å². The molecule has 1 N–H and O–H groups in total. The van der Waals surface area contributed by atoms with Gasteiger partial charge >= 0.3 is 5.69 Å². The number of aryl methyl sites for hydroxylation is 2. The summed E-state index contributed by atoms with van der Waals surface area (Å²) in [6, 6.07) is 5.73. The second-order valence-corrected chi connectivity index (χ2v) is 6.46. The summed E-state index contributed by atoms with van der Waals surface area (Å²) in [5, 5.41) is 3.78. The number of pyridine rings is 1. The van der Waals surface area contributed by atoms with E-state index in [1.807, 2.05) is 25.1 Å². The van der Waals surface area contributed by atoms with Crippen molar-refractivity contribution >= 4 is 16.7 Å². The summed E-state index contributed by atoms with van der Waals surface area (Å²) in [6.07, 6.45) is 2.42. The number of hydrogen-bond acceptors (Lipinski definition) is 6. The van der Waals surface area contributed by atoms with Crippen molar-refractivity contribution in [3.8, 4) is 11.5 Å². The van der Waals surface area contributed by atoms with Crippen molar-refractivity contribution in [2.75, 3.05) is 12.1 Å². The van der Waals surface area contributed by atoms with Crippen LogP contribution in [0.15, 0.2) is 34.0 Å². The minimum Gasteiger partial charge on any atom is -0.454 e. The van der Waals surface area contributed by atoms with Crippen molar-refractivity contribution < 1.29 is 9.47 Å². The Morgan fingerprint density at radius 3 is 2.70 bits per heavy atom. The molecule has 3 heterocycles. The summed E-state index contributed by atoms with van der Waals surface area (Å²) in [6.45, 7) is 2.72. The minimum absolute atomic E-state index is 0.227. The number of nitrogens with one attached hydrogen (secondary N) is 1. The van der Waals surface area contributed by atoms with E-state index in [1.165, 1.54) is 11.6 Å². The van der Waals surface area contributed by atoms with Gasteiger partial charge in [0.1, 0.15) is 5.39 Å². The molecule has 140 valence electrons. The maximum Gasteiger partial charge on any atom is 0.332 e. The maximum absolute atomic E-state index is 12.8. The molecule has 1 aliphatic rings. The molecule has 1 aromatic carbocycles. The van der Waals surface area contributed by atoms with E-state index in [9.17, 15) is 9.59 Å². The van der Waals surface area contributed by atoms with E-state index in [-0.39, 0.29) is 12.4 Å². The molecule has 0 saturated carbocycles. The van der Waals surface area contributed by atoms with Gasteiger partial charge in [-0.2, -0.15) is 0 Å². The highest BCUT2D eigenvalue weighted by Gasteiger charge is 2.17. The smallest absolute Gasteiger partial charge is 0.332 e. The molecule has 4 rings (SSSR count). The van der Waals surface area contributed by atoms with E-state index < -0.39 is 5.69 Å². The summed E-state index contributed by atoms with van der Waals surface area (Å²) >= 11 is 0. The minimum atomic E-state index is -0.397. The van der Waals surface area contributed by atoms with Crippen molar-refractivity contribution in [1.29, 1.82) is 0 Å². The Hall–Kier alpha value is -3.29. The number of anilines is 1. The number of nitrogens with zero attached hydrogens (tertiary/aromatic N) is 3. The molecule has 2 aromatic heterocycles. The fraction of sp³-hybridized carbons (Fsp3) is 0.316. The quantitative estimate of drug-likeness (QED) is 0.752. The van der Waals surface area contributed by atoms with Crippen molar-refractivity contribution in [3.63, 3.8) is 0 Å². The van der Waals surface area contributed by atoms with Crippen LogP contribution in [0.3, 0.4) is 0 Å². The van der Waals surface area contributed by atoms with Crippen molar-refractivity contribution in [2.45, 2.75) is 19.9 Å². The standard InChI is InChI=1S/C19H20N4O4/c1-4-12-9-21-17-15(18(24)23(3)19(25)22(17)2)16(12)20-8-11-5-6-13-14(7-11)27-10-26-13/h5-7,9H,4,8,10H2,1-3H3,(H,20,21). The van der Waals surface area contributed by atoms with Crippen LogP contribution in [-0.2, 0) is 27.1 Å². The molecule has 8 heteroatoms. The second kappa shape index (κ2) is 6.46. The van der Waals surface area contributed by atoms with Gasteiger partial charge in [0.05, 0.1) is 5.69 Å². The molecule has 0 unspecified atom stereocenters. The lowest BCUT2D eigenvalue weighted by Gasteiger charge is -2.15. The molecule has 8 nitrogen and oxygen atoms in total. The topological polar surface area (TPSA) is 87.4 Å². The zero-order valence-electron chi connectivity index (χ0n) is 15.4. The van der Waals surface area contributed by atoms with Gasteiger partial charge in [-0.3, -0.25) is 13.9 Å². The summed E-state index contributed by atoms with van der Waals surface area (Å²) in [5.41, 5.74) is 2.23. The predicted molar refractivity (Wildman–Crippen MR) is 101 cm³/mol. The Labute approximate surface area is 155 Å². The van der Waals surface area contributed by atoms with Gasteiger partial charge < -0.3 is 14.8 Å². The van der Waals surface area contributed by atoms with Gasteiger partial charge in [0.2, 0.25) is 6.79 Å². The van der Waals surface area contributed by atoms with E-state index in [4.69, 9.17) is 9.47 Å². The SMILES string of the molecule is CCc1cnc2c(c1NCc1ccc3c(c1)OCO3)c(=O)n(C)c(=O)n2C. The second-order valence-electron chi connectivity index (χ2n) is 6.46. The van der Waals surface area contributed by atoms with Crippen LogP contribution in [0, 0.1) is 0 Å². The number of aromatic nitrogens is 3. The summed E-state index contributed by atoms with van der Waals surface area (Å²) in [5.74, 6) is 1.44. The van der Waals surface area contributed by atoms with Crippen LogP contribution in [0.2, 0.25) is 0 Å². The molecule has 0 bridgehead atoms. The first kappa shape index (κ1) is 17.1. The Morgan fingerprint density at radius 2 is 1.93 bits per heavy atom. The third-order valence-electron chi connectivity index (χ3n) is 4.83. The van der Waals surface area contributed by atoms with Gasteiger partial charge in [-0.25, -0.2) is 9.78 Å². The van der Waals surface area contributed by atoms with Gasteiger partial charge in [0, 0.05) is 26.8 Å². The normalized spacial score (nSPS) is 12.6. The molecule has 0 fully saturated rings. The Morgan fingerprint density at radius 1 is 1.15 bits per heavy atom. The van der Waals surface area contributed by atoms with Crippen LogP contribution >= 0.6 is 0 Å². The van der Waals surface area contributed by atoms with E-state index >= 15 is 0 Å². The summed E-state index contributed by atoms with van der Waals surface area (Å²) < 4.78 is 13.3. The predicted octanol–water partition coefficient (Wildman–Crippen LogP) is 1.54. The van der Waals surface area contributed by atoms with Crippen LogP contribution in [0.1, 0.15) is 18.1 Å². The van der Waals surface area contributed by atoms with Gasteiger partial charge in [0.15, 0.2) is 17.1 Å². The zero-order chi connectivity index (χ0) is 19.1. The van der Waals surface area contributed by atoms with Crippen molar-refractivity contribution in [2.24, 2.45) is 14.1 Å². The van der Waals surface area contributed by atoms with E-state index in [0.29, 0.717) is 35.4 Å². The molecule has 0 saturated heterocycles. The van der Waals surface area contributed by atoms with E-state index in [0.717, 1.165) is 21.4 Å². The first-order chi connectivity index (χ1) is 13.0. The molecule has 0 spiro atoms. The molecule has 0 atom stereocenters. The van der Waals surface area contributed by atoms with Crippen LogP contribution in [0.5, 0.6) is 11.5 Å². The van der Waals surface area contributed by atoms with E-state index in [2.05, 4.69) is 10.3 Å². The Kier molecular flexibility index (Phi) is 4.10. The average Bonchev–Trinajstić information content (AvgIpc) is 3.16. The largest absolute Gasteiger partial charge is 0.454 e. The maximum atomic E-state index is 12.8. The van der Waals surface area contributed by atoms with Gasteiger partial charge in [-0.15, -0.1) is 0 Å². The van der Waals surface area contributed by atoms with E-state index in [1.54, 1.807) is 13.2 Å².